The fraction of sp³-hybridized carbons (Fsp3) is 0.385. The second kappa shape index (κ2) is 5.87. The fourth-order valence-electron chi connectivity index (χ4n) is 1.56. The topological polar surface area (TPSA) is 89.6 Å². The number of hydrogen-bond acceptors (Lipinski definition) is 4. The molecule has 0 atom stereocenters. The maximum atomic E-state index is 12.2. The van der Waals surface area contributed by atoms with Gasteiger partial charge in [-0.1, -0.05) is 6.07 Å². The molecule has 0 radical (unpaired) electrons. The molecule has 0 saturated heterocycles. The number of ether oxygens (including phenoxy) is 1. The maximum Gasteiger partial charge on any atom is 0.339 e. The zero-order chi connectivity index (χ0) is 14.8. The molecule has 0 bridgehead atoms. The summed E-state index contributed by atoms with van der Waals surface area (Å²) >= 11 is 1.88. The first-order chi connectivity index (χ1) is 8.67. The number of esters is 1. The second-order valence-corrected chi connectivity index (χ2v) is 6.13. The van der Waals surface area contributed by atoms with Crippen LogP contribution in [0.2, 0.25) is 0 Å². The van der Waals surface area contributed by atoms with Crippen molar-refractivity contribution in [3.8, 4) is 0 Å². The highest BCUT2D eigenvalue weighted by atomic mass is 127. The number of carbonyl (C=O) groups excluding carboxylic acids is 1. The monoisotopic (exact) mass is 377 g/mol. The third kappa shape index (κ3) is 3.90. The van der Waals surface area contributed by atoms with E-state index >= 15 is 0 Å². The van der Waals surface area contributed by atoms with Crippen LogP contribution in [0.4, 0.5) is 0 Å². The number of rotatable bonds is 3. The van der Waals surface area contributed by atoms with E-state index in [-0.39, 0.29) is 17.7 Å². The zero-order valence-corrected chi connectivity index (χ0v) is 13.1. The summed E-state index contributed by atoms with van der Waals surface area (Å²) in [6.07, 6.45) is 0. The highest BCUT2D eigenvalue weighted by molar-refractivity contribution is 14.1. The van der Waals surface area contributed by atoms with Crippen molar-refractivity contribution in [3.63, 3.8) is 0 Å². The van der Waals surface area contributed by atoms with E-state index in [1.54, 1.807) is 32.9 Å². The molecule has 1 aromatic rings. The van der Waals surface area contributed by atoms with Crippen molar-refractivity contribution in [2.45, 2.75) is 32.9 Å². The third-order valence-corrected chi connectivity index (χ3v) is 3.18. The van der Waals surface area contributed by atoms with Gasteiger partial charge in [0.15, 0.2) is 0 Å². The van der Waals surface area contributed by atoms with E-state index in [1.165, 1.54) is 0 Å². The number of carboxylic acid groups (broad SMARTS) is 1. The summed E-state index contributed by atoms with van der Waals surface area (Å²) in [7, 11) is 0. The van der Waals surface area contributed by atoms with E-state index < -0.39 is 17.5 Å². The third-order valence-electron chi connectivity index (χ3n) is 2.28. The number of carbonyl (C=O) groups is 2. The molecular weight excluding hydrogens is 361 g/mol. The molecule has 1 aromatic carbocycles. The van der Waals surface area contributed by atoms with E-state index in [2.05, 4.69) is 0 Å². The summed E-state index contributed by atoms with van der Waals surface area (Å²) in [5, 5.41) is 9.26. The standard InChI is InChI=1S/C13H16INO4/c1-13(2,3)19-12(18)9-7(6-15)4-5-8(14)10(9)11(16)17/h4-5H,6,15H2,1-3H3,(H,16,17). The molecule has 1 rings (SSSR count). The van der Waals surface area contributed by atoms with E-state index in [0.717, 1.165) is 0 Å². The van der Waals surface area contributed by atoms with Crippen molar-refractivity contribution < 1.29 is 19.4 Å². The van der Waals surface area contributed by atoms with Gasteiger partial charge in [0.1, 0.15) is 5.60 Å². The summed E-state index contributed by atoms with van der Waals surface area (Å²) < 4.78 is 5.73. The Hall–Kier alpha value is -1.15. The van der Waals surface area contributed by atoms with Gasteiger partial charge in [-0.2, -0.15) is 0 Å². The first kappa shape index (κ1) is 15.9. The van der Waals surface area contributed by atoms with E-state index in [1.807, 2.05) is 22.6 Å². The lowest BCUT2D eigenvalue weighted by atomic mass is 10.0. The lowest BCUT2D eigenvalue weighted by molar-refractivity contribution is 0.00645. The molecule has 0 aliphatic heterocycles. The predicted molar refractivity (Wildman–Crippen MR) is 79.2 cm³/mol. The smallest absolute Gasteiger partial charge is 0.339 e. The van der Waals surface area contributed by atoms with E-state index in [9.17, 15) is 14.7 Å². The van der Waals surface area contributed by atoms with Crippen molar-refractivity contribution in [2.24, 2.45) is 5.73 Å². The number of nitrogens with two attached hydrogens (primary N) is 1. The Balaban J connectivity index is 3.42. The van der Waals surface area contributed by atoms with Gasteiger partial charge < -0.3 is 15.6 Å². The molecular formula is C13H16INO4. The van der Waals surface area contributed by atoms with E-state index in [4.69, 9.17) is 10.5 Å². The molecule has 0 fully saturated rings. The van der Waals surface area contributed by atoms with Crippen molar-refractivity contribution in [1.82, 2.24) is 0 Å². The SMILES string of the molecule is CC(C)(C)OC(=O)c1c(CN)ccc(I)c1C(=O)O. The van der Waals surface area contributed by atoms with Crippen LogP contribution in [0.25, 0.3) is 0 Å². The molecule has 0 saturated carbocycles. The molecule has 19 heavy (non-hydrogen) atoms. The van der Waals surface area contributed by atoms with Crippen LogP contribution in [-0.4, -0.2) is 22.6 Å². The molecule has 0 aromatic heterocycles. The van der Waals surface area contributed by atoms with Gasteiger partial charge in [0, 0.05) is 10.1 Å². The van der Waals surface area contributed by atoms with Gasteiger partial charge in [0.25, 0.3) is 0 Å². The number of hydrogen-bond donors (Lipinski definition) is 2. The largest absolute Gasteiger partial charge is 0.478 e. The number of aromatic carboxylic acids is 1. The Morgan fingerprint density at radius 2 is 1.89 bits per heavy atom. The van der Waals surface area contributed by atoms with Crippen molar-refractivity contribution in [1.29, 1.82) is 0 Å². The predicted octanol–water partition coefficient (Wildman–Crippen LogP) is 2.40. The number of halogens is 1. The zero-order valence-electron chi connectivity index (χ0n) is 11.0. The Labute approximate surface area is 125 Å². The Bertz CT molecular complexity index is 520. The molecule has 0 amide bonds. The lowest BCUT2D eigenvalue weighted by Crippen LogP contribution is -2.27. The van der Waals surface area contributed by atoms with Crippen LogP contribution >= 0.6 is 22.6 Å². The lowest BCUT2D eigenvalue weighted by Gasteiger charge is -2.21. The van der Waals surface area contributed by atoms with Gasteiger partial charge in [-0.3, -0.25) is 0 Å². The number of benzene rings is 1. The molecule has 6 heteroatoms. The van der Waals surface area contributed by atoms with Crippen molar-refractivity contribution in [3.05, 3.63) is 32.4 Å². The molecule has 0 heterocycles. The van der Waals surface area contributed by atoms with Crippen LogP contribution < -0.4 is 5.73 Å². The van der Waals surface area contributed by atoms with Crippen LogP contribution in [0.15, 0.2) is 12.1 Å². The maximum absolute atomic E-state index is 12.2. The molecule has 0 unspecified atom stereocenters. The highest BCUT2D eigenvalue weighted by Gasteiger charge is 2.27. The highest BCUT2D eigenvalue weighted by Crippen LogP contribution is 2.24. The summed E-state index contributed by atoms with van der Waals surface area (Å²) in [6.45, 7) is 5.25. The first-order valence-electron chi connectivity index (χ1n) is 5.65. The molecule has 5 nitrogen and oxygen atoms in total. The molecule has 0 spiro atoms. The fourth-order valence-corrected chi connectivity index (χ4v) is 2.24. The van der Waals surface area contributed by atoms with Crippen LogP contribution in [-0.2, 0) is 11.3 Å². The van der Waals surface area contributed by atoms with Gasteiger partial charge in [-0.15, -0.1) is 0 Å². The summed E-state index contributed by atoms with van der Waals surface area (Å²) in [5.41, 5.74) is 5.32. The minimum Gasteiger partial charge on any atom is -0.478 e. The Morgan fingerprint density at radius 1 is 1.32 bits per heavy atom. The van der Waals surface area contributed by atoms with Gasteiger partial charge in [0.05, 0.1) is 11.1 Å². The second-order valence-electron chi connectivity index (χ2n) is 4.97. The van der Waals surface area contributed by atoms with Gasteiger partial charge in [-0.05, 0) is 55.0 Å². The van der Waals surface area contributed by atoms with Gasteiger partial charge in [-0.25, -0.2) is 9.59 Å². The van der Waals surface area contributed by atoms with Gasteiger partial charge in [0.2, 0.25) is 0 Å². The quantitative estimate of drug-likeness (QED) is 0.624. The van der Waals surface area contributed by atoms with Crippen LogP contribution in [0.3, 0.4) is 0 Å². The Kier molecular flexibility index (Phi) is 4.92. The molecule has 0 aliphatic rings. The Morgan fingerprint density at radius 3 is 2.32 bits per heavy atom. The number of carboxylic acids is 1. The minimum absolute atomic E-state index is 0.0387. The minimum atomic E-state index is -1.17. The van der Waals surface area contributed by atoms with Crippen LogP contribution in [0.1, 0.15) is 47.1 Å². The normalized spacial score (nSPS) is 11.2. The summed E-state index contributed by atoms with van der Waals surface area (Å²) in [4.78, 5) is 23.5. The van der Waals surface area contributed by atoms with Crippen molar-refractivity contribution in [2.75, 3.05) is 0 Å². The van der Waals surface area contributed by atoms with Crippen LogP contribution in [0, 0.1) is 3.57 Å². The first-order valence-corrected chi connectivity index (χ1v) is 6.73. The van der Waals surface area contributed by atoms with E-state index in [0.29, 0.717) is 9.13 Å². The molecule has 3 N–H and O–H groups in total. The summed E-state index contributed by atoms with van der Waals surface area (Å²) in [5.74, 6) is -1.83. The summed E-state index contributed by atoms with van der Waals surface area (Å²) in [6, 6.07) is 3.27. The van der Waals surface area contributed by atoms with Crippen LogP contribution in [0.5, 0.6) is 0 Å². The van der Waals surface area contributed by atoms with Gasteiger partial charge >= 0.3 is 11.9 Å². The van der Waals surface area contributed by atoms with Crippen molar-refractivity contribution >= 4 is 34.5 Å². The molecule has 104 valence electrons. The average Bonchev–Trinajstić information content (AvgIpc) is 2.25. The molecule has 0 aliphatic carbocycles. The average molecular weight is 377 g/mol.